The van der Waals surface area contributed by atoms with E-state index in [-0.39, 0.29) is 5.91 Å². The Kier molecular flexibility index (Phi) is 6.72. The molecule has 3 heterocycles. The van der Waals surface area contributed by atoms with Crippen molar-refractivity contribution < 1.29 is 9.53 Å². The molecule has 176 valence electrons. The maximum absolute atomic E-state index is 13.1. The lowest BCUT2D eigenvalue weighted by Crippen LogP contribution is -2.42. The summed E-state index contributed by atoms with van der Waals surface area (Å²) in [5.74, 6) is 1.82. The van der Waals surface area contributed by atoms with Crippen molar-refractivity contribution in [1.29, 1.82) is 0 Å². The highest BCUT2D eigenvalue weighted by Gasteiger charge is 2.29. The van der Waals surface area contributed by atoms with Crippen LogP contribution in [0.5, 0.6) is 0 Å². The van der Waals surface area contributed by atoms with Crippen LogP contribution in [0.15, 0.2) is 60.7 Å². The van der Waals surface area contributed by atoms with Crippen molar-refractivity contribution in [1.82, 2.24) is 14.9 Å². The number of amides is 1. The van der Waals surface area contributed by atoms with Crippen molar-refractivity contribution in [3.8, 4) is 0 Å². The molecule has 7 nitrogen and oxygen atoms in total. The van der Waals surface area contributed by atoms with E-state index in [4.69, 9.17) is 14.7 Å². The van der Waals surface area contributed by atoms with Crippen LogP contribution in [0.1, 0.15) is 22.4 Å². The molecule has 2 aromatic carbocycles. The van der Waals surface area contributed by atoms with Crippen LogP contribution in [0.2, 0.25) is 0 Å². The summed E-state index contributed by atoms with van der Waals surface area (Å²) in [7, 11) is 2.04. The first-order valence-electron chi connectivity index (χ1n) is 12.0. The lowest BCUT2D eigenvalue weighted by molar-refractivity contribution is -0.131. The average molecular weight is 458 g/mol. The lowest BCUT2D eigenvalue weighted by Gasteiger charge is -2.35. The third-order valence-electron chi connectivity index (χ3n) is 6.49. The van der Waals surface area contributed by atoms with E-state index < -0.39 is 0 Å². The molecule has 0 N–H and O–H groups in total. The van der Waals surface area contributed by atoms with Gasteiger partial charge in [0.25, 0.3) is 0 Å². The Balaban J connectivity index is 1.41. The molecule has 5 rings (SSSR count). The van der Waals surface area contributed by atoms with Crippen molar-refractivity contribution in [2.75, 3.05) is 49.7 Å². The van der Waals surface area contributed by atoms with Gasteiger partial charge in [0.05, 0.1) is 31.9 Å². The van der Waals surface area contributed by atoms with Crippen LogP contribution in [-0.2, 0) is 35.5 Å². The number of benzene rings is 2. The molecule has 2 aliphatic heterocycles. The summed E-state index contributed by atoms with van der Waals surface area (Å²) in [5, 5.41) is 0. The van der Waals surface area contributed by atoms with Gasteiger partial charge in [-0.05, 0) is 11.1 Å². The van der Waals surface area contributed by atoms with Crippen molar-refractivity contribution in [2.24, 2.45) is 0 Å². The second-order valence-electron chi connectivity index (χ2n) is 8.94. The Morgan fingerprint density at radius 3 is 2.32 bits per heavy atom. The molecule has 0 atom stereocenters. The molecule has 1 amide bonds. The Morgan fingerprint density at radius 2 is 1.62 bits per heavy atom. The summed E-state index contributed by atoms with van der Waals surface area (Å²) in [6.07, 6.45) is 1.16. The standard InChI is InChI=1S/C27H31N5O2/c1-30(19-22-10-6-3-7-11-22)27-28-24-12-13-32(25(33)18-21-8-4-2-5-9-21)20-23(24)26(29-27)31-14-16-34-17-15-31/h2-11H,12-20H2,1H3. The zero-order valence-corrected chi connectivity index (χ0v) is 19.7. The Morgan fingerprint density at radius 1 is 0.941 bits per heavy atom. The predicted octanol–water partition coefficient (Wildman–Crippen LogP) is 3.08. The zero-order valence-electron chi connectivity index (χ0n) is 19.7. The fourth-order valence-electron chi connectivity index (χ4n) is 4.61. The second-order valence-corrected chi connectivity index (χ2v) is 8.94. The Labute approximate surface area is 201 Å². The first-order chi connectivity index (χ1) is 16.7. The van der Waals surface area contributed by atoms with Gasteiger partial charge in [-0.1, -0.05) is 60.7 Å². The number of fused-ring (bicyclic) bond motifs is 1. The summed E-state index contributed by atoms with van der Waals surface area (Å²) >= 11 is 0. The molecule has 34 heavy (non-hydrogen) atoms. The van der Waals surface area contributed by atoms with Crippen LogP contribution in [0.25, 0.3) is 0 Å². The molecule has 0 radical (unpaired) electrons. The summed E-state index contributed by atoms with van der Waals surface area (Å²) < 4.78 is 5.59. The summed E-state index contributed by atoms with van der Waals surface area (Å²) in [6, 6.07) is 20.3. The highest BCUT2D eigenvalue weighted by molar-refractivity contribution is 5.79. The first-order valence-corrected chi connectivity index (χ1v) is 12.0. The van der Waals surface area contributed by atoms with Crippen molar-refractivity contribution in [3.05, 3.63) is 83.0 Å². The van der Waals surface area contributed by atoms with Crippen LogP contribution in [0.3, 0.4) is 0 Å². The second kappa shape index (κ2) is 10.2. The third kappa shape index (κ3) is 5.04. The highest BCUT2D eigenvalue weighted by Crippen LogP contribution is 2.30. The van der Waals surface area contributed by atoms with Crippen molar-refractivity contribution in [3.63, 3.8) is 0 Å². The van der Waals surface area contributed by atoms with Gasteiger partial charge in [0, 0.05) is 45.2 Å². The molecular formula is C27H31N5O2. The van der Waals surface area contributed by atoms with Gasteiger partial charge in [-0.25, -0.2) is 4.98 Å². The van der Waals surface area contributed by atoms with E-state index in [0.29, 0.717) is 32.7 Å². The molecule has 7 heteroatoms. The molecule has 1 aromatic heterocycles. The highest BCUT2D eigenvalue weighted by atomic mass is 16.5. The summed E-state index contributed by atoms with van der Waals surface area (Å²) in [4.78, 5) is 29.4. The number of carbonyl (C=O) groups is 1. The van der Waals surface area contributed by atoms with Crippen molar-refractivity contribution >= 4 is 17.7 Å². The number of hydrogen-bond acceptors (Lipinski definition) is 6. The van der Waals surface area contributed by atoms with E-state index in [1.807, 2.05) is 48.3 Å². The van der Waals surface area contributed by atoms with E-state index in [0.717, 1.165) is 54.6 Å². The van der Waals surface area contributed by atoms with E-state index in [9.17, 15) is 4.79 Å². The van der Waals surface area contributed by atoms with Gasteiger partial charge in [-0.3, -0.25) is 4.79 Å². The fraction of sp³-hybridized carbons (Fsp3) is 0.370. The van der Waals surface area contributed by atoms with E-state index in [1.54, 1.807) is 0 Å². The van der Waals surface area contributed by atoms with Crippen LogP contribution in [-0.4, -0.2) is 60.7 Å². The maximum atomic E-state index is 13.1. The van der Waals surface area contributed by atoms with Gasteiger partial charge in [0.2, 0.25) is 11.9 Å². The van der Waals surface area contributed by atoms with Crippen LogP contribution < -0.4 is 9.80 Å². The van der Waals surface area contributed by atoms with E-state index in [2.05, 4.69) is 34.1 Å². The molecule has 0 spiro atoms. The lowest BCUT2D eigenvalue weighted by atomic mass is 10.0. The Hall–Kier alpha value is -3.45. The van der Waals surface area contributed by atoms with Gasteiger partial charge >= 0.3 is 0 Å². The van der Waals surface area contributed by atoms with Gasteiger partial charge in [-0.15, -0.1) is 0 Å². The number of ether oxygens (including phenoxy) is 1. The largest absolute Gasteiger partial charge is 0.378 e. The number of nitrogens with zero attached hydrogens (tertiary/aromatic N) is 5. The normalized spacial score (nSPS) is 15.7. The van der Waals surface area contributed by atoms with E-state index in [1.165, 1.54) is 5.56 Å². The molecule has 0 bridgehead atoms. The maximum Gasteiger partial charge on any atom is 0.227 e. The van der Waals surface area contributed by atoms with Crippen molar-refractivity contribution in [2.45, 2.75) is 25.9 Å². The molecule has 1 fully saturated rings. The number of rotatable bonds is 6. The van der Waals surface area contributed by atoms with Crippen LogP contribution in [0.4, 0.5) is 11.8 Å². The summed E-state index contributed by atoms with van der Waals surface area (Å²) in [5.41, 5.74) is 4.39. The van der Waals surface area contributed by atoms with E-state index >= 15 is 0 Å². The molecule has 1 saturated heterocycles. The van der Waals surface area contributed by atoms with Gasteiger partial charge < -0.3 is 19.4 Å². The minimum atomic E-state index is 0.148. The SMILES string of the molecule is CN(Cc1ccccc1)c1nc2c(c(N3CCOCC3)n1)CN(C(=O)Cc1ccccc1)CC2. The quantitative estimate of drug-likeness (QED) is 0.567. The molecule has 3 aromatic rings. The molecule has 2 aliphatic rings. The topological polar surface area (TPSA) is 61.8 Å². The average Bonchev–Trinajstić information content (AvgIpc) is 2.89. The predicted molar refractivity (Wildman–Crippen MR) is 133 cm³/mol. The number of aromatic nitrogens is 2. The number of morpholine rings is 1. The van der Waals surface area contributed by atoms with Gasteiger partial charge in [-0.2, -0.15) is 4.98 Å². The molecule has 0 unspecified atom stereocenters. The number of anilines is 2. The number of hydrogen-bond donors (Lipinski definition) is 0. The first kappa shape index (κ1) is 22.3. The smallest absolute Gasteiger partial charge is 0.227 e. The number of carbonyl (C=O) groups excluding carboxylic acids is 1. The summed E-state index contributed by atoms with van der Waals surface area (Å²) in [6.45, 7) is 4.93. The molecular weight excluding hydrogens is 426 g/mol. The fourth-order valence-corrected chi connectivity index (χ4v) is 4.61. The third-order valence-corrected chi connectivity index (χ3v) is 6.49. The minimum absolute atomic E-state index is 0.148. The van der Waals surface area contributed by atoms with Gasteiger partial charge in [0.1, 0.15) is 5.82 Å². The Bertz CT molecular complexity index is 1120. The van der Waals surface area contributed by atoms with Crippen LogP contribution >= 0.6 is 0 Å². The molecule has 0 saturated carbocycles. The molecule has 0 aliphatic carbocycles. The van der Waals surface area contributed by atoms with Gasteiger partial charge in [0.15, 0.2) is 0 Å². The zero-order chi connectivity index (χ0) is 23.3. The minimum Gasteiger partial charge on any atom is -0.378 e. The van der Waals surface area contributed by atoms with Crippen LogP contribution in [0, 0.1) is 0 Å². The monoisotopic (exact) mass is 457 g/mol.